The Morgan fingerprint density at radius 3 is 2.29 bits per heavy atom. The molecule has 3 saturated heterocycles. The first-order valence-corrected chi connectivity index (χ1v) is 14.2. The number of methoxy groups -OCH3 is 1. The van der Waals surface area contributed by atoms with Crippen molar-refractivity contribution in [3.63, 3.8) is 0 Å². The lowest BCUT2D eigenvalue weighted by Gasteiger charge is -2.52. The number of halogens is 6. The molecule has 0 amide bonds. The van der Waals surface area contributed by atoms with E-state index in [4.69, 9.17) is 4.74 Å². The second kappa shape index (κ2) is 11.2. The maximum absolute atomic E-state index is 13.5. The molecule has 0 saturated carbocycles. The number of piperidine rings is 3. The van der Waals surface area contributed by atoms with Crippen LogP contribution in [0.2, 0.25) is 0 Å². The normalized spacial score (nSPS) is 22.4. The zero-order valence-electron chi connectivity index (χ0n) is 23.9. The summed E-state index contributed by atoms with van der Waals surface area (Å²) in [5, 5.41) is 6.30. The molecule has 0 aliphatic carbocycles. The van der Waals surface area contributed by atoms with E-state index in [2.05, 4.69) is 27.1 Å². The molecule has 13 heteroatoms. The predicted octanol–water partition coefficient (Wildman–Crippen LogP) is 6.67. The molecule has 2 bridgehead atoms. The first-order valence-electron chi connectivity index (χ1n) is 14.2. The molecule has 1 unspecified atom stereocenters. The van der Waals surface area contributed by atoms with Gasteiger partial charge in [-0.1, -0.05) is 6.08 Å². The zero-order chi connectivity index (χ0) is 32.3. The van der Waals surface area contributed by atoms with Crippen molar-refractivity contribution in [3.8, 4) is 5.75 Å². The number of pyridine rings is 1. The molecule has 3 aromatic carbocycles. The molecule has 4 heterocycles. The van der Waals surface area contributed by atoms with Crippen LogP contribution in [0.3, 0.4) is 0 Å². The van der Waals surface area contributed by atoms with Crippen molar-refractivity contribution in [2.45, 2.75) is 37.3 Å². The van der Waals surface area contributed by atoms with Crippen LogP contribution < -0.4 is 26.2 Å². The molecule has 7 rings (SSSR count). The summed E-state index contributed by atoms with van der Waals surface area (Å²) in [7, 11) is 1.52. The maximum Gasteiger partial charge on any atom is 0.416 e. The lowest BCUT2D eigenvalue weighted by molar-refractivity contribution is -0.143. The predicted molar refractivity (Wildman–Crippen MR) is 158 cm³/mol. The molecule has 3 fully saturated rings. The van der Waals surface area contributed by atoms with Crippen LogP contribution in [0.25, 0.3) is 10.9 Å². The molecule has 2 N–H and O–H groups in total. The molecular formula is C32H28F6N4O3. The van der Waals surface area contributed by atoms with Crippen LogP contribution in [-0.4, -0.2) is 36.1 Å². The van der Waals surface area contributed by atoms with Gasteiger partial charge in [0.1, 0.15) is 17.1 Å². The van der Waals surface area contributed by atoms with E-state index >= 15 is 0 Å². The molecule has 4 aromatic rings. The van der Waals surface area contributed by atoms with Gasteiger partial charge in [-0.05, 0) is 79.3 Å². The number of hydrogen-bond donors (Lipinski definition) is 2. The summed E-state index contributed by atoms with van der Waals surface area (Å²) < 4.78 is 86.4. The van der Waals surface area contributed by atoms with Gasteiger partial charge < -0.3 is 15.4 Å². The van der Waals surface area contributed by atoms with Gasteiger partial charge in [-0.15, -0.1) is 6.58 Å². The second-order valence-corrected chi connectivity index (χ2v) is 11.5. The summed E-state index contributed by atoms with van der Waals surface area (Å²) in [6, 6.07) is 7.29. The van der Waals surface area contributed by atoms with Gasteiger partial charge >= 0.3 is 12.4 Å². The summed E-state index contributed by atoms with van der Waals surface area (Å²) in [6.45, 7) is 5.48. The van der Waals surface area contributed by atoms with Crippen LogP contribution in [-0.2, 0) is 12.4 Å². The number of nitrogens with one attached hydrogen (secondary N) is 2. The minimum Gasteiger partial charge on any atom is -0.497 e. The second-order valence-electron chi connectivity index (χ2n) is 11.5. The van der Waals surface area contributed by atoms with Gasteiger partial charge in [0.25, 0.3) is 10.9 Å². The Labute approximate surface area is 253 Å². The third-order valence-corrected chi connectivity index (χ3v) is 8.92. The third kappa shape index (κ3) is 5.65. The van der Waals surface area contributed by atoms with E-state index in [0.717, 1.165) is 36.9 Å². The first kappa shape index (κ1) is 30.6. The number of rotatable bonds is 8. The molecule has 45 heavy (non-hydrogen) atoms. The number of alkyl halides is 6. The topological polar surface area (TPSA) is 83.6 Å². The van der Waals surface area contributed by atoms with E-state index in [1.165, 1.54) is 7.11 Å². The smallest absolute Gasteiger partial charge is 0.416 e. The van der Waals surface area contributed by atoms with Crippen LogP contribution in [0.4, 0.5) is 43.4 Å². The monoisotopic (exact) mass is 630 g/mol. The van der Waals surface area contributed by atoms with E-state index in [9.17, 15) is 35.9 Å². The Morgan fingerprint density at radius 2 is 1.69 bits per heavy atom. The van der Waals surface area contributed by atoms with Crippen LogP contribution in [0.5, 0.6) is 5.75 Å². The molecule has 7 nitrogen and oxygen atoms in total. The largest absolute Gasteiger partial charge is 0.497 e. The fraction of sp³-hybridized carbons (Fsp3) is 0.344. The summed E-state index contributed by atoms with van der Waals surface area (Å²) in [5.74, 6) is 1.16. The van der Waals surface area contributed by atoms with Gasteiger partial charge in [0, 0.05) is 29.9 Å². The highest BCUT2D eigenvalue weighted by Gasteiger charge is 2.44. The first-order chi connectivity index (χ1) is 21.3. The quantitative estimate of drug-likeness (QED) is 0.128. The van der Waals surface area contributed by atoms with Crippen molar-refractivity contribution >= 4 is 28.0 Å². The van der Waals surface area contributed by atoms with Crippen LogP contribution in [0.1, 0.15) is 35.6 Å². The van der Waals surface area contributed by atoms with Crippen molar-refractivity contribution in [1.29, 1.82) is 0 Å². The van der Waals surface area contributed by atoms with Gasteiger partial charge in [-0.25, -0.2) is 0 Å². The third-order valence-electron chi connectivity index (χ3n) is 8.92. The van der Waals surface area contributed by atoms with Gasteiger partial charge in [0.2, 0.25) is 0 Å². The molecule has 5 atom stereocenters. The van der Waals surface area contributed by atoms with Gasteiger partial charge in [0.15, 0.2) is 0 Å². The number of ether oxygens (including phenoxy) is 1. The van der Waals surface area contributed by atoms with Gasteiger partial charge in [-0.2, -0.15) is 26.3 Å². The standard InChI is InChI=1S/C32H28F6N4O3/c1-3-16-15-42-9-7-17(16)10-25(42)26(22-6-8-39-24-5-4-21(45-2)14-23(22)24)41-28-27(29(43)30(28)44)40-20-12-18(31(33,34)35)11-19(13-20)32(36,37)38/h3-6,8,11-14,16-17,25-26,40-41H,1,7,9-10,15H2,2H3/t16-,17+,25+,26?/m1/s1. The number of aromatic nitrogens is 1. The molecule has 3 aliphatic heterocycles. The van der Waals surface area contributed by atoms with Crippen LogP contribution in [0.15, 0.2) is 70.9 Å². The van der Waals surface area contributed by atoms with E-state index in [1.54, 1.807) is 30.5 Å². The minimum absolute atomic E-state index is 0.00556. The van der Waals surface area contributed by atoms with E-state index in [-0.39, 0.29) is 23.7 Å². The van der Waals surface area contributed by atoms with Crippen LogP contribution in [0, 0.1) is 11.8 Å². The Morgan fingerprint density at radius 1 is 1.00 bits per heavy atom. The molecular weight excluding hydrogens is 602 g/mol. The lowest BCUT2D eigenvalue weighted by atomic mass is 9.73. The van der Waals surface area contributed by atoms with Crippen LogP contribution >= 0.6 is 0 Å². The Bertz CT molecular complexity index is 1810. The number of fused-ring (bicyclic) bond motifs is 4. The van der Waals surface area contributed by atoms with Crippen molar-refractivity contribution < 1.29 is 31.1 Å². The van der Waals surface area contributed by atoms with Crippen molar-refractivity contribution in [3.05, 3.63) is 98.5 Å². The Kier molecular flexibility index (Phi) is 7.62. The molecule has 3 aliphatic rings. The SMILES string of the molecule is C=C[C@@H]1C[N@]2CC[C@H]1C[C@H]2C(Nc1c(Nc2cc(C(F)(F)F)cc(C(F)(F)F)c2)c(=O)c1=O)c1ccnc2ccc(OC)cc12. The number of hydrogen-bond acceptors (Lipinski definition) is 7. The number of benzene rings is 2. The highest BCUT2D eigenvalue weighted by molar-refractivity contribution is 5.85. The Hall–Kier alpha value is -4.39. The van der Waals surface area contributed by atoms with Crippen molar-refractivity contribution in [1.82, 2.24) is 9.88 Å². The number of nitrogens with zero attached hydrogens (tertiary/aromatic N) is 2. The van der Waals surface area contributed by atoms with E-state index < -0.39 is 51.8 Å². The average Bonchev–Trinajstić information content (AvgIpc) is 3.03. The zero-order valence-corrected chi connectivity index (χ0v) is 23.9. The molecule has 0 spiro atoms. The summed E-state index contributed by atoms with van der Waals surface area (Å²) >= 11 is 0. The summed E-state index contributed by atoms with van der Waals surface area (Å²) in [6.07, 6.45) is -4.94. The van der Waals surface area contributed by atoms with Crippen molar-refractivity contribution in [2.24, 2.45) is 11.8 Å². The van der Waals surface area contributed by atoms with E-state index in [1.807, 2.05) is 6.08 Å². The molecule has 236 valence electrons. The maximum atomic E-state index is 13.5. The summed E-state index contributed by atoms with van der Waals surface area (Å²) in [4.78, 5) is 32.4. The fourth-order valence-electron chi connectivity index (χ4n) is 6.63. The van der Waals surface area contributed by atoms with Gasteiger partial charge in [-0.3, -0.25) is 19.5 Å². The highest BCUT2D eigenvalue weighted by atomic mass is 19.4. The fourth-order valence-corrected chi connectivity index (χ4v) is 6.63. The van der Waals surface area contributed by atoms with Gasteiger partial charge in [0.05, 0.1) is 29.8 Å². The summed E-state index contributed by atoms with van der Waals surface area (Å²) in [5.41, 5.74) is -4.95. The molecule has 0 radical (unpaired) electrons. The highest BCUT2D eigenvalue weighted by Crippen LogP contribution is 2.44. The Balaban J connectivity index is 1.43. The van der Waals surface area contributed by atoms with E-state index in [0.29, 0.717) is 29.3 Å². The average molecular weight is 631 g/mol. The number of anilines is 3. The molecule has 1 aromatic heterocycles. The van der Waals surface area contributed by atoms with Crippen molar-refractivity contribution in [2.75, 3.05) is 30.8 Å². The lowest BCUT2D eigenvalue weighted by Crippen LogP contribution is -2.56. The minimum atomic E-state index is -5.08.